The molecule has 0 saturated carbocycles. The number of hydrogen-bond acceptors (Lipinski definition) is 4. The van der Waals surface area contributed by atoms with E-state index in [1.54, 1.807) is 24.3 Å². The lowest BCUT2D eigenvalue weighted by atomic mass is 9.92. The lowest BCUT2D eigenvalue weighted by Gasteiger charge is -2.34. The van der Waals surface area contributed by atoms with Crippen molar-refractivity contribution in [2.24, 2.45) is 0 Å². The SMILES string of the molecule is CC1(NC(=O)COc2ccc(N)cc2)CCOCC1. The maximum atomic E-state index is 11.9. The Morgan fingerprint density at radius 1 is 1.37 bits per heavy atom. The first kappa shape index (κ1) is 13.7. The van der Waals surface area contributed by atoms with Crippen LogP contribution in [0.5, 0.6) is 5.75 Å². The average molecular weight is 264 g/mol. The van der Waals surface area contributed by atoms with Crippen LogP contribution in [-0.2, 0) is 9.53 Å². The van der Waals surface area contributed by atoms with Crippen molar-refractivity contribution in [2.45, 2.75) is 25.3 Å². The molecule has 1 aromatic carbocycles. The molecule has 0 atom stereocenters. The van der Waals surface area contributed by atoms with Crippen molar-refractivity contribution in [1.29, 1.82) is 0 Å². The van der Waals surface area contributed by atoms with Crippen LogP contribution in [0.4, 0.5) is 5.69 Å². The van der Waals surface area contributed by atoms with E-state index in [-0.39, 0.29) is 18.1 Å². The molecule has 5 nitrogen and oxygen atoms in total. The molecule has 1 fully saturated rings. The third kappa shape index (κ3) is 4.13. The minimum absolute atomic E-state index is 0.0143. The van der Waals surface area contributed by atoms with Crippen molar-refractivity contribution in [3.05, 3.63) is 24.3 Å². The summed E-state index contributed by atoms with van der Waals surface area (Å²) in [5, 5.41) is 3.01. The van der Waals surface area contributed by atoms with Gasteiger partial charge in [0.15, 0.2) is 6.61 Å². The van der Waals surface area contributed by atoms with Crippen LogP contribution in [0.15, 0.2) is 24.3 Å². The van der Waals surface area contributed by atoms with E-state index in [1.807, 2.05) is 6.92 Å². The van der Waals surface area contributed by atoms with Gasteiger partial charge in [-0.25, -0.2) is 0 Å². The maximum Gasteiger partial charge on any atom is 0.258 e. The van der Waals surface area contributed by atoms with Crippen LogP contribution in [0.25, 0.3) is 0 Å². The second kappa shape index (κ2) is 5.93. The number of amides is 1. The number of anilines is 1. The number of hydrogen-bond donors (Lipinski definition) is 2. The number of benzene rings is 1. The van der Waals surface area contributed by atoms with Gasteiger partial charge in [0.2, 0.25) is 0 Å². The smallest absolute Gasteiger partial charge is 0.258 e. The summed E-state index contributed by atoms with van der Waals surface area (Å²) in [6.45, 7) is 3.43. The third-order valence-electron chi connectivity index (χ3n) is 3.29. The standard InChI is InChI=1S/C14H20N2O3/c1-14(6-8-18-9-7-14)16-13(17)10-19-12-4-2-11(15)3-5-12/h2-5H,6-10,15H2,1H3,(H,16,17). The fourth-order valence-electron chi connectivity index (χ4n) is 2.03. The molecule has 5 heteroatoms. The summed E-state index contributed by atoms with van der Waals surface area (Å²) in [5.41, 5.74) is 6.07. The van der Waals surface area contributed by atoms with Gasteiger partial charge in [-0.3, -0.25) is 4.79 Å². The number of carbonyl (C=O) groups is 1. The van der Waals surface area contributed by atoms with E-state index in [9.17, 15) is 4.79 Å². The minimum atomic E-state index is -0.181. The summed E-state index contributed by atoms with van der Waals surface area (Å²) in [6, 6.07) is 6.98. The van der Waals surface area contributed by atoms with E-state index in [0.29, 0.717) is 24.7 Å². The Hall–Kier alpha value is -1.75. The van der Waals surface area contributed by atoms with Crippen molar-refractivity contribution < 1.29 is 14.3 Å². The topological polar surface area (TPSA) is 73.6 Å². The largest absolute Gasteiger partial charge is 0.484 e. The number of nitrogen functional groups attached to an aromatic ring is 1. The molecule has 19 heavy (non-hydrogen) atoms. The fourth-order valence-corrected chi connectivity index (χ4v) is 2.03. The number of carbonyl (C=O) groups excluding carboxylic acids is 1. The summed E-state index contributed by atoms with van der Waals surface area (Å²) in [7, 11) is 0. The zero-order chi connectivity index (χ0) is 13.7. The van der Waals surface area contributed by atoms with Crippen LogP contribution in [0.3, 0.4) is 0 Å². The van der Waals surface area contributed by atoms with Crippen LogP contribution in [0.2, 0.25) is 0 Å². The highest BCUT2D eigenvalue weighted by Crippen LogP contribution is 2.19. The summed E-state index contributed by atoms with van der Waals surface area (Å²) in [5.74, 6) is 0.530. The molecule has 0 unspecified atom stereocenters. The van der Waals surface area contributed by atoms with Crippen molar-refractivity contribution >= 4 is 11.6 Å². The lowest BCUT2D eigenvalue weighted by Crippen LogP contribution is -2.50. The van der Waals surface area contributed by atoms with Crippen LogP contribution in [0.1, 0.15) is 19.8 Å². The van der Waals surface area contributed by atoms with Gasteiger partial charge in [-0.05, 0) is 44.0 Å². The van der Waals surface area contributed by atoms with Gasteiger partial charge < -0.3 is 20.5 Å². The Bertz CT molecular complexity index is 425. The summed E-state index contributed by atoms with van der Waals surface area (Å²) in [4.78, 5) is 11.9. The van der Waals surface area contributed by atoms with Gasteiger partial charge in [0, 0.05) is 24.4 Å². The highest BCUT2D eigenvalue weighted by atomic mass is 16.5. The Kier molecular flexibility index (Phi) is 4.27. The van der Waals surface area contributed by atoms with Gasteiger partial charge >= 0.3 is 0 Å². The second-order valence-corrected chi connectivity index (χ2v) is 5.08. The molecule has 0 radical (unpaired) electrons. The molecule has 1 aliphatic rings. The van der Waals surface area contributed by atoms with E-state index in [2.05, 4.69) is 5.32 Å². The van der Waals surface area contributed by atoms with Crippen molar-refractivity contribution in [2.75, 3.05) is 25.6 Å². The van der Waals surface area contributed by atoms with Crippen molar-refractivity contribution in [3.8, 4) is 5.75 Å². The Balaban J connectivity index is 1.79. The van der Waals surface area contributed by atoms with Gasteiger partial charge in [0.25, 0.3) is 5.91 Å². The molecule has 104 valence electrons. The fraction of sp³-hybridized carbons (Fsp3) is 0.500. The average Bonchev–Trinajstić information content (AvgIpc) is 2.38. The lowest BCUT2D eigenvalue weighted by molar-refractivity contribution is -0.126. The number of nitrogens with one attached hydrogen (secondary N) is 1. The summed E-state index contributed by atoms with van der Waals surface area (Å²) < 4.78 is 10.7. The Morgan fingerprint density at radius 3 is 2.63 bits per heavy atom. The molecule has 1 heterocycles. The van der Waals surface area contributed by atoms with Crippen LogP contribution in [0, 0.1) is 0 Å². The minimum Gasteiger partial charge on any atom is -0.484 e. The van der Waals surface area contributed by atoms with E-state index >= 15 is 0 Å². The first-order chi connectivity index (χ1) is 9.07. The van der Waals surface area contributed by atoms with Gasteiger partial charge in [-0.15, -0.1) is 0 Å². The zero-order valence-corrected chi connectivity index (χ0v) is 11.1. The molecular formula is C14H20N2O3. The molecule has 1 aliphatic heterocycles. The monoisotopic (exact) mass is 264 g/mol. The van der Waals surface area contributed by atoms with Crippen LogP contribution in [-0.4, -0.2) is 31.3 Å². The first-order valence-electron chi connectivity index (χ1n) is 6.44. The summed E-state index contributed by atoms with van der Waals surface area (Å²) in [6.07, 6.45) is 1.67. The molecule has 3 N–H and O–H groups in total. The maximum absolute atomic E-state index is 11.9. The Morgan fingerprint density at radius 2 is 2.00 bits per heavy atom. The normalized spacial score (nSPS) is 17.7. The molecule has 1 amide bonds. The molecule has 1 saturated heterocycles. The molecule has 0 aromatic heterocycles. The van der Waals surface area contributed by atoms with Gasteiger partial charge in [0.05, 0.1) is 0 Å². The van der Waals surface area contributed by atoms with Gasteiger partial charge in [-0.2, -0.15) is 0 Å². The predicted molar refractivity (Wildman–Crippen MR) is 73.0 cm³/mol. The van der Waals surface area contributed by atoms with Crippen molar-refractivity contribution in [3.63, 3.8) is 0 Å². The highest BCUT2D eigenvalue weighted by molar-refractivity contribution is 5.78. The predicted octanol–water partition coefficient (Wildman–Crippen LogP) is 1.33. The van der Waals surface area contributed by atoms with Gasteiger partial charge in [0.1, 0.15) is 5.75 Å². The van der Waals surface area contributed by atoms with Crippen LogP contribution >= 0.6 is 0 Å². The van der Waals surface area contributed by atoms with E-state index in [0.717, 1.165) is 12.8 Å². The molecule has 0 spiro atoms. The molecular weight excluding hydrogens is 244 g/mol. The number of nitrogens with two attached hydrogens (primary N) is 1. The first-order valence-corrected chi connectivity index (χ1v) is 6.44. The van der Waals surface area contributed by atoms with E-state index < -0.39 is 0 Å². The molecule has 1 aromatic rings. The molecule has 2 rings (SSSR count). The summed E-state index contributed by atoms with van der Waals surface area (Å²) >= 11 is 0. The number of rotatable bonds is 4. The molecule has 0 bridgehead atoms. The zero-order valence-electron chi connectivity index (χ0n) is 11.1. The second-order valence-electron chi connectivity index (χ2n) is 5.08. The quantitative estimate of drug-likeness (QED) is 0.805. The van der Waals surface area contributed by atoms with Crippen LogP contribution < -0.4 is 15.8 Å². The Labute approximate surface area is 113 Å². The van der Waals surface area contributed by atoms with E-state index in [1.165, 1.54) is 0 Å². The van der Waals surface area contributed by atoms with Gasteiger partial charge in [-0.1, -0.05) is 0 Å². The van der Waals surface area contributed by atoms with E-state index in [4.69, 9.17) is 15.2 Å². The molecule has 0 aliphatic carbocycles. The third-order valence-corrected chi connectivity index (χ3v) is 3.29. The van der Waals surface area contributed by atoms with Crippen molar-refractivity contribution in [1.82, 2.24) is 5.32 Å². The number of ether oxygens (including phenoxy) is 2. The highest BCUT2D eigenvalue weighted by Gasteiger charge is 2.28.